The summed E-state index contributed by atoms with van der Waals surface area (Å²) in [6, 6.07) is 1.78. The number of hydrogen-bond acceptors (Lipinski definition) is 4. The van der Waals surface area contributed by atoms with E-state index in [2.05, 4.69) is 10.3 Å². The second kappa shape index (κ2) is 3.77. The molecule has 1 unspecified atom stereocenters. The van der Waals surface area contributed by atoms with Crippen LogP contribution in [-0.4, -0.2) is 23.7 Å². The van der Waals surface area contributed by atoms with Gasteiger partial charge in [0.15, 0.2) is 0 Å². The van der Waals surface area contributed by atoms with Crippen molar-refractivity contribution >= 4 is 11.0 Å². The fraction of sp³-hybridized carbons (Fsp3) is 0.300. The minimum atomic E-state index is -0.551. The molecule has 4 nitrogen and oxygen atoms in total. The highest BCUT2D eigenvalue weighted by molar-refractivity contribution is 5.80. The fourth-order valence-corrected chi connectivity index (χ4v) is 1.45. The zero-order valence-electron chi connectivity index (χ0n) is 7.90. The van der Waals surface area contributed by atoms with Gasteiger partial charge in [-0.3, -0.25) is 4.98 Å². The van der Waals surface area contributed by atoms with E-state index >= 15 is 0 Å². The molecule has 0 radical (unpaired) electrons. The maximum atomic E-state index is 9.76. The molecule has 0 bridgehead atoms. The van der Waals surface area contributed by atoms with Crippen molar-refractivity contribution in [2.45, 2.75) is 6.10 Å². The third-order valence-electron chi connectivity index (χ3n) is 2.16. The van der Waals surface area contributed by atoms with E-state index in [9.17, 15) is 5.11 Å². The van der Waals surface area contributed by atoms with E-state index < -0.39 is 6.10 Å². The molecule has 0 amide bonds. The van der Waals surface area contributed by atoms with Crippen LogP contribution in [0.15, 0.2) is 29.1 Å². The van der Waals surface area contributed by atoms with E-state index in [-0.39, 0.29) is 0 Å². The van der Waals surface area contributed by atoms with Crippen LogP contribution in [0.25, 0.3) is 11.0 Å². The Kier molecular flexibility index (Phi) is 2.47. The second-order valence-electron chi connectivity index (χ2n) is 3.14. The number of nitrogens with one attached hydrogen (secondary N) is 1. The summed E-state index contributed by atoms with van der Waals surface area (Å²) in [7, 11) is 1.80. The molecule has 0 aliphatic rings. The zero-order chi connectivity index (χ0) is 9.97. The zero-order valence-corrected chi connectivity index (χ0v) is 7.90. The van der Waals surface area contributed by atoms with Crippen molar-refractivity contribution in [2.24, 2.45) is 0 Å². The summed E-state index contributed by atoms with van der Waals surface area (Å²) in [6.45, 7) is 0.503. The lowest BCUT2D eigenvalue weighted by Gasteiger charge is -2.06. The monoisotopic (exact) mass is 192 g/mol. The Morgan fingerprint density at radius 2 is 2.50 bits per heavy atom. The predicted octanol–water partition coefficient (Wildman–Crippen LogP) is 1.08. The number of pyridine rings is 1. The van der Waals surface area contributed by atoms with Crippen LogP contribution < -0.4 is 5.32 Å². The first kappa shape index (κ1) is 9.18. The summed E-state index contributed by atoms with van der Waals surface area (Å²) in [5.41, 5.74) is 1.53. The van der Waals surface area contributed by atoms with E-state index in [1.165, 1.54) is 0 Å². The Morgan fingerprint density at radius 3 is 3.29 bits per heavy atom. The van der Waals surface area contributed by atoms with Crippen LogP contribution >= 0.6 is 0 Å². The van der Waals surface area contributed by atoms with Crippen molar-refractivity contribution in [1.82, 2.24) is 10.3 Å². The Hall–Kier alpha value is -1.39. The van der Waals surface area contributed by atoms with Gasteiger partial charge < -0.3 is 14.8 Å². The van der Waals surface area contributed by atoms with Gasteiger partial charge in [-0.25, -0.2) is 0 Å². The quantitative estimate of drug-likeness (QED) is 0.764. The standard InChI is InChI=1S/C10H12N2O2/c1-11-5-9(13)8-6-14-10-2-3-12-4-7(8)10/h2-4,6,9,11,13H,5H2,1H3. The van der Waals surface area contributed by atoms with Crippen molar-refractivity contribution in [3.8, 4) is 0 Å². The Balaban J connectivity index is 2.42. The van der Waals surface area contributed by atoms with Crippen LogP contribution in [0.5, 0.6) is 0 Å². The van der Waals surface area contributed by atoms with Crippen LogP contribution in [0.3, 0.4) is 0 Å². The van der Waals surface area contributed by atoms with Gasteiger partial charge in [0, 0.05) is 29.9 Å². The summed E-state index contributed by atoms with van der Waals surface area (Å²) < 4.78 is 5.29. The normalized spacial score (nSPS) is 13.3. The van der Waals surface area contributed by atoms with E-state index in [4.69, 9.17) is 4.42 Å². The first-order valence-electron chi connectivity index (χ1n) is 4.46. The van der Waals surface area contributed by atoms with Gasteiger partial charge in [0.2, 0.25) is 0 Å². The smallest absolute Gasteiger partial charge is 0.137 e. The molecule has 0 spiro atoms. The molecule has 0 aliphatic carbocycles. The second-order valence-corrected chi connectivity index (χ2v) is 3.14. The molecule has 2 N–H and O–H groups in total. The van der Waals surface area contributed by atoms with Crippen LogP contribution in [0, 0.1) is 0 Å². The Morgan fingerprint density at radius 1 is 1.64 bits per heavy atom. The summed E-state index contributed by atoms with van der Waals surface area (Å²) in [5.74, 6) is 0. The minimum absolute atomic E-state index is 0.503. The van der Waals surface area contributed by atoms with Gasteiger partial charge in [-0.05, 0) is 13.1 Å². The molecule has 0 saturated carbocycles. The van der Waals surface area contributed by atoms with Crippen molar-refractivity contribution in [1.29, 1.82) is 0 Å². The highest BCUT2D eigenvalue weighted by Crippen LogP contribution is 2.24. The van der Waals surface area contributed by atoms with E-state index in [0.717, 1.165) is 16.5 Å². The molecule has 0 aromatic carbocycles. The summed E-state index contributed by atoms with van der Waals surface area (Å²) in [6.07, 6.45) is 4.40. The topological polar surface area (TPSA) is 58.3 Å². The number of aliphatic hydroxyl groups is 1. The van der Waals surface area contributed by atoms with Crippen molar-refractivity contribution in [2.75, 3.05) is 13.6 Å². The molecule has 74 valence electrons. The highest BCUT2D eigenvalue weighted by Gasteiger charge is 2.13. The van der Waals surface area contributed by atoms with E-state index in [0.29, 0.717) is 6.54 Å². The number of hydrogen-bond donors (Lipinski definition) is 2. The molecule has 0 saturated heterocycles. The van der Waals surface area contributed by atoms with Gasteiger partial charge >= 0.3 is 0 Å². The van der Waals surface area contributed by atoms with Gasteiger partial charge in [0.1, 0.15) is 5.58 Å². The molecule has 14 heavy (non-hydrogen) atoms. The molecule has 2 heterocycles. The number of nitrogens with zero attached hydrogens (tertiary/aromatic N) is 1. The molecule has 2 aromatic heterocycles. The largest absolute Gasteiger partial charge is 0.464 e. The Labute approximate surface area is 81.6 Å². The van der Waals surface area contributed by atoms with Crippen LogP contribution in [0.2, 0.25) is 0 Å². The minimum Gasteiger partial charge on any atom is -0.464 e. The maximum Gasteiger partial charge on any atom is 0.137 e. The Bertz CT molecular complexity index is 425. The molecule has 1 atom stereocenters. The molecule has 0 fully saturated rings. The first-order chi connectivity index (χ1) is 6.83. The number of aliphatic hydroxyl groups excluding tert-OH is 1. The average molecular weight is 192 g/mol. The molecule has 4 heteroatoms. The summed E-state index contributed by atoms with van der Waals surface area (Å²) >= 11 is 0. The number of rotatable bonds is 3. The van der Waals surface area contributed by atoms with E-state index in [1.54, 1.807) is 31.8 Å². The average Bonchev–Trinajstić information content (AvgIpc) is 2.61. The fourth-order valence-electron chi connectivity index (χ4n) is 1.45. The van der Waals surface area contributed by atoms with Crippen molar-refractivity contribution in [3.63, 3.8) is 0 Å². The third-order valence-corrected chi connectivity index (χ3v) is 2.16. The van der Waals surface area contributed by atoms with Crippen LogP contribution in [0.1, 0.15) is 11.7 Å². The third kappa shape index (κ3) is 1.49. The molecule has 0 aliphatic heterocycles. The lowest BCUT2D eigenvalue weighted by atomic mass is 10.1. The lowest BCUT2D eigenvalue weighted by Crippen LogP contribution is -2.16. The van der Waals surface area contributed by atoms with Crippen LogP contribution in [0.4, 0.5) is 0 Å². The molecule has 2 rings (SSSR count). The maximum absolute atomic E-state index is 9.76. The number of furan rings is 1. The van der Waals surface area contributed by atoms with Crippen molar-refractivity contribution < 1.29 is 9.52 Å². The van der Waals surface area contributed by atoms with Gasteiger partial charge in [0.25, 0.3) is 0 Å². The number of fused-ring (bicyclic) bond motifs is 1. The SMILES string of the molecule is CNCC(O)c1coc2ccncc12. The molecular formula is C10H12N2O2. The molecular weight excluding hydrogens is 180 g/mol. The molecule has 2 aromatic rings. The summed E-state index contributed by atoms with van der Waals surface area (Å²) in [4.78, 5) is 4.00. The first-order valence-corrected chi connectivity index (χ1v) is 4.46. The predicted molar refractivity (Wildman–Crippen MR) is 52.9 cm³/mol. The van der Waals surface area contributed by atoms with Crippen molar-refractivity contribution in [3.05, 3.63) is 30.3 Å². The lowest BCUT2D eigenvalue weighted by molar-refractivity contribution is 0.178. The van der Waals surface area contributed by atoms with Crippen LogP contribution in [-0.2, 0) is 0 Å². The van der Waals surface area contributed by atoms with Gasteiger partial charge in [-0.2, -0.15) is 0 Å². The van der Waals surface area contributed by atoms with Gasteiger partial charge in [-0.1, -0.05) is 0 Å². The van der Waals surface area contributed by atoms with Gasteiger partial charge in [0.05, 0.1) is 12.4 Å². The number of aromatic nitrogens is 1. The highest BCUT2D eigenvalue weighted by atomic mass is 16.3. The van der Waals surface area contributed by atoms with E-state index in [1.807, 2.05) is 0 Å². The van der Waals surface area contributed by atoms with Gasteiger partial charge in [-0.15, -0.1) is 0 Å². The summed E-state index contributed by atoms with van der Waals surface area (Å²) in [5, 5.41) is 13.5. The number of likely N-dealkylation sites (N-methyl/N-ethyl adjacent to an activating group) is 1.